The van der Waals surface area contributed by atoms with Gasteiger partial charge in [-0.25, -0.2) is 0 Å². The standard InChI is InChI=1S/C18H26N2O2/c1-12-10-13(2)16(14(3)11-12)20-18(22)17(21)19-9-8-15-6-4-5-7-15/h10-11,15H,4-9H2,1-3H3,(H,19,21)(H,20,22). The van der Waals surface area contributed by atoms with Gasteiger partial charge in [0, 0.05) is 12.2 Å². The molecule has 0 unspecified atom stereocenters. The Morgan fingerprint density at radius 2 is 1.64 bits per heavy atom. The molecule has 0 aromatic heterocycles. The average Bonchev–Trinajstić information content (AvgIpc) is 2.95. The smallest absolute Gasteiger partial charge is 0.313 e. The highest BCUT2D eigenvalue weighted by Crippen LogP contribution is 2.27. The quantitative estimate of drug-likeness (QED) is 0.839. The van der Waals surface area contributed by atoms with Crippen LogP contribution in [-0.2, 0) is 9.59 Å². The van der Waals surface area contributed by atoms with Crippen molar-refractivity contribution in [2.24, 2.45) is 5.92 Å². The lowest BCUT2D eigenvalue weighted by molar-refractivity contribution is -0.136. The van der Waals surface area contributed by atoms with Gasteiger partial charge in [0.25, 0.3) is 0 Å². The molecule has 0 heterocycles. The largest absolute Gasteiger partial charge is 0.348 e. The average molecular weight is 302 g/mol. The SMILES string of the molecule is Cc1cc(C)c(NC(=O)C(=O)NCCC2CCCC2)c(C)c1. The van der Waals surface area contributed by atoms with Gasteiger partial charge in [-0.15, -0.1) is 0 Å². The number of carbonyl (C=O) groups excluding carboxylic acids is 2. The van der Waals surface area contributed by atoms with Crippen LogP contribution in [0.3, 0.4) is 0 Å². The summed E-state index contributed by atoms with van der Waals surface area (Å²) in [6.45, 7) is 6.48. The fourth-order valence-electron chi connectivity index (χ4n) is 3.32. The van der Waals surface area contributed by atoms with Gasteiger partial charge in [-0.2, -0.15) is 0 Å². The number of rotatable bonds is 4. The van der Waals surface area contributed by atoms with Gasteiger partial charge < -0.3 is 10.6 Å². The monoisotopic (exact) mass is 302 g/mol. The Labute approximate surface area is 132 Å². The lowest BCUT2D eigenvalue weighted by Gasteiger charge is -2.13. The van der Waals surface area contributed by atoms with Crippen LogP contribution in [-0.4, -0.2) is 18.4 Å². The lowest BCUT2D eigenvalue weighted by Crippen LogP contribution is -2.36. The predicted octanol–water partition coefficient (Wildman–Crippen LogP) is 3.25. The summed E-state index contributed by atoms with van der Waals surface area (Å²) < 4.78 is 0. The third-order valence-corrected chi connectivity index (χ3v) is 4.43. The van der Waals surface area contributed by atoms with Crippen molar-refractivity contribution in [3.05, 3.63) is 28.8 Å². The summed E-state index contributed by atoms with van der Waals surface area (Å²) in [5, 5.41) is 5.46. The number of anilines is 1. The highest BCUT2D eigenvalue weighted by Gasteiger charge is 2.18. The Hall–Kier alpha value is -1.84. The molecule has 1 fully saturated rings. The van der Waals surface area contributed by atoms with Crippen LogP contribution < -0.4 is 10.6 Å². The van der Waals surface area contributed by atoms with Crippen LogP contribution >= 0.6 is 0 Å². The van der Waals surface area contributed by atoms with Crippen molar-refractivity contribution in [2.75, 3.05) is 11.9 Å². The Morgan fingerprint density at radius 3 is 2.23 bits per heavy atom. The van der Waals surface area contributed by atoms with Crippen LogP contribution in [0.25, 0.3) is 0 Å². The third-order valence-electron chi connectivity index (χ3n) is 4.43. The second-order valence-electron chi connectivity index (χ2n) is 6.42. The van der Waals surface area contributed by atoms with Crippen LogP contribution in [0.1, 0.15) is 48.8 Å². The molecule has 0 saturated heterocycles. The van der Waals surface area contributed by atoms with E-state index in [9.17, 15) is 9.59 Å². The van der Waals surface area contributed by atoms with E-state index in [4.69, 9.17) is 0 Å². The van der Waals surface area contributed by atoms with Crippen molar-refractivity contribution in [3.8, 4) is 0 Å². The van der Waals surface area contributed by atoms with E-state index in [2.05, 4.69) is 10.6 Å². The van der Waals surface area contributed by atoms with Gasteiger partial charge in [-0.1, -0.05) is 43.4 Å². The Morgan fingerprint density at radius 1 is 1.05 bits per heavy atom. The van der Waals surface area contributed by atoms with Gasteiger partial charge in [0.15, 0.2) is 0 Å². The summed E-state index contributed by atoms with van der Waals surface area (Å²) in [7, 11) is 0. The summed E-state index contributed by atoms with van der Waals surface area (Å²) in [5.41, 5.74) is 3.84. The van der Waals surface area contributed by atoms with Gasteiger partial charge in [0.1, 0.15) is 0 Å². The normalized spacial score (nSPS) is 14.9. The number of hydrogen-bond acceptors (Lipinski definition) is 2. The van der Waals surface area contributed by atoms with Crippen molar-refractivity contribution in [2.45, 2.75) is 52.9 Å². The maximum atomic E-state index is 12.0. The molecule has 2 rings (SSSR count). The number of hydrogen-bond donors (Lipinski definition) is 2. The first-order chi connectivity index (χ1) is 10.5. The van der Waals surface area contributed by atoms with Gasteiger partial charge in [-0.05, 0) is 44.2 Å². The zero-order valence-corrected chi connectivity index (χ0v) is 13.8. The summed E-state index contributed by atoms with van der Waals surface area (Å²) >= 11 is 0. The predicted molar refractivity (Wildman–Crippen MR) is 88.9 cm³/mol. The minimum Gasteiger partial charge on any atom is -0.348 e. The van der Waals surface area contributed by atoms with E-state index >= 15 is 0 Å². The lowest BCUT2D eigenvalue weighted by atomic mass is 10.0. The fraction of sp³-hybridized carbons (Fsp3) is 0.556. The molecule has 0 radical (unpaired) electrons. The van der Waals surface area contributed by atoms with E-state index in [-0.39, 0.29) is 0 Å². The summed E-state index contributed by atoms with van der Waals surface area (Å²) in [4.78, 5) is 23.9. The second kappa shape index (κ2) is 7.43. The van der Waals surface area contributed by atoms with Gasteiger partial charge in [-0.3, -0.25) is 9.59 Å². The third kappa shape index (κ3) is 4.33. The van der Waals surface area contributed by atoms with E-state index in [0.29, 0.717) is 12.5 Å². The van der Waals surface area contributed by atoms with Crippen molar-refractivity contribution in [1.29, 1.82) is 0 Å². The molecule has 0 atom stereocenters. The fourth-order valence-corrected chi connectivity index (χ4v) is 3.32. The van der Waals surface area contributed by atoms with E-state index < -0.39 is 11.8 Å². The molecule has 2 amide bonds. The van der Waals surface area contributed by atoms with Crippen molar-refractivity contribution >= 4 is 17.5 Å². The molecule has 1 aliphatic carbocycles. The Kier molecular flexibility index (Phi) is 5.58. The van der Waals surface area contributed by atoms with Crippen molar-refractivity contribution < 1.29 is 9.59 Å². The minimum atomic E-state index is -0.582. The molecule has 1 aliphatic rings. The highest BCUT2D eigenvalue weighted by molar-refractivity contribution is 6.39. The van der Waals surface area contributed by atoms with Crippen LogP contribution in [0.5, 0.6) is 0 Å². The molecule has 1 aromatic rings. The first-order valence-electron chi connectivity index (χ1n) is 8.14. The zero-order valence-electron chi connectivity index (χ0n) is 13.8. The molecular weight excluding hydrogens is 276 g/mol. The first kappa shape index (κ1) is 16.5. The van der Waals surface area contributed by atoms with E-state index in [1.165, 1.54) is 25.7 Å². The molecule has 1 aromatic carbocycles. The molecular formula is C18H26N2O2. The van der Waals surface area contributed by atoms with Gasteiger partial charge in [0.05, 0.1) is 0 Å². The van der Waals surface area contributed by atoms with Gasteiger partial charge >= 0.3 is 11.8 Å². The van der Waals surface area contributed by atoms with Crippen molar-refractivity contribution in [3.63, 3.8) is 0 Å². The number of carbonyl (C=O) groups is 2. The second-order valence-corrected chi connectivity index (χ2v) is 6.42. The van der Waals surface area contributed by atoms with Crippen LogP contribution in [0.4, 0.5) is 5.69 Å². The molecule has 22 heavy (non-hydrogen) atoms. The number of aryl methyl sites for hydroxylation is 3. The molecule has 120 valence electrons. The van der Waals surface area contributed by atoms with E-state index in [0.717, 1.165) is 28.8 Å². The molecule has 4 nitrogen and oxygen atoms in total. The van der Waals surface area contributed by atoms with E-state index in [1.54, 1.807) is 0 Å². The summed E-state index contributed by atoms with van der Waals surface area (Å²) in [5.74, 6) is -0.413. The molecule has 0 aliphatic heterocycles. The Balaban J connectivity index is 1.84. The Bertz CT molecular complexity index is 537. The van der Waals surface area contributed by atoms with Crippen LogP contribution in [0, 0.1) is 26.7 Å². The highest BCUT2D eigenvalue weighted by atomic mass is 16.2. The summed E-state index contributed by atoms with van der Waals surface area (Å²) in [6, 6.07) is 4.00. The zero-order chi connectivity index (χ0) is 16.1. The maximum absolute atomic E-state index is 12.0. The first-order valence-corrected chi connectivity index (χ1v) is 8.14. The molecule has 0 spiro atoms. The number of nitrogens with one attached hydrogen (secondary N) is 2. The number of amides is 2. The van der Waals surface area contributed by atoms with Crippen LogP contribution in [0.15, 0.2) is 12.1 Å². The topological polar surface area (TPSA) is 58.2 Å². The van der Waals surface area contributed by atoms with E-state index in [1.807, 2.05) is 32.9 Å². The van der Waals surface area contributed by atoms with Gasteiger partial charge in [0.2, 0.25) is 0 Å². The molecule has 2 N–H and O–H groups in total. The minimum absolute atomic E-state index is 0.544. The molecule has 0 bridgehead atoms. The number of benzene rings is 1. The molecule has 1 saturated carbocycles. The van der Waals surface area contributed by atoms with Crippen LogP contribution in [0.2, 0.25) is 0 Å². The molecule has 4 heteroatoms. The maximum Gasteiger partial charge on any atom is 0.313 e. The summed E-state index contributed by atoms with van der Waals surface area (Å²) in [6.07, 6.45) is 6.07. The van der Waals surface area contributed by atoms with Crippen molar-refractivity contribution in [1.82, 2.24) is 5.32 Å².